The van der Waals surface area contributed by atoms with Crippen LogP contribution < -0.4 is 9.46 Å². The van der Waals surface area contributed by atoms with E-state index in [-0.39, 0.29) is 23.4 Å². The van der Waals surface area contributed by atoms with E-state index in [1.165, 1.54) is 12.1 Å². The fourth-order valence-corrected chi connectivity index (χ4v) is 6.20. The maximum absolute atomic E-state index is 14.9. The number of hydrogen-bond donors (Lipinski definition) is 1. The molecule has 1 saturated carbocycles. The van der Waals surface area contributed by atoms with Crippen molar-refractivity contribution in [3.05, 3.63) is 98.8 Å². The Morgan fingerprint density at radius 1 is 1.00 bits per heavy atom. The SMILES string of the molecule is CS(=O)(=O)NC(=O)c1cc(C2CC2)c(OCC2CCN(C(c3cccc(Cl)c3)c3cccc(Cl)c3)CC2)cc1F. The highest BCUT2D eigenvalue weighted by Gasteiger charge is 2.31. The molecule has 0 spiro atoms. The first-order chi connectivity index (χ1) is 19.1. The van der Waals surface area contributed by atoms with Gasteiger partial charge in [-0.1, -0.05) is 47.5 Å². The Labute approximate surface area is 244 Å². The van der Waals surface area contributed by atoms with E-state index in [0.717, 1.165) is 61.7 Å². The number of benzene rings is 3. The molecule has 1 aliphatic carbocycles. The zero-order valence-electron chi connectivity index (χ0n) is 22.1. The Morgan fingerprint density at radius 2 is 1.60 bits per heavy atom. The molecule has 0 unspecified atom stereocenters. The lowest BCUT2D eigenvalue weighted by Crippen LogP contribution is -2.38. The summed E-state index contributed by atoms with van der Waals surface area (Å²) in [7, 11) is -3.81. The van der Waals surface area contributed by atoms with Gasteiger partial charge in [0.2, 0.25) is 10.0 Å². The zero-order valence-corrected chi connectivity index (χ0v) is 24.4. The van der Waals surface area contributed by atoms with Crippen LogP contribution >= 0.6 is 23.2 Å². The number of halogens is 3. The van der Waals surface area contributed by atoms with E-state index in [2.05, 4.69) is 17.0 Å². The Hall–Kier alpha value is -2.65. The van der Waals surface area contributed by atoms with E-state index in [1.54, 1.807) is 0 Å². The van der Waals surface area contributed by atoms with Gasteiger partial charge in [-0.15, -0.1) is 0 Å². The molecule has 1 aliphatic heterocycles. The van der Waals surface area contributed by atoms with Gasteiger partial charge in [0.25, 0.3) is 5.91 Å². The van der Waals surface area contributed by atoms with Crippen LogP contribution in [0.5, 0.6) is 5.75 Å². The molecular formula is C30H31Cl2FN2O4S. The lowest BCUT2D eigenvalue weighted by molar-refractivity contribution is 0.0977. The van der Waals surface area contributed by atoms with Gasteiger partial charge in [-0.3, -0.25) is 9.69 Å². The molecule has 212 valence electrons. The van der Waals surface area contributed by atoms with Gasteiger partial charge in [0.15, 0.2) is 0 Å². The lowest BCUT2D eigenvalue weighted by Gasteiger charge is -2.38. The molecule has 1 heterocycles. The van der Waals surface area contributed by atoms with Gasteiger partial charge in [-0.25, -0.2) is 17.5 Å². The van der Waals surface area contributed by atoms with E-state index < -0.39 is 21.7 Å². The highest BCUT2D eigenvalue weighted by atomic mass is 35.5. The number of sulfonamides is 1. The first-order valence-electron chi connectivity index (χ1n) is 13.3. The monoisotopic (exact) mass is 604 g/mol. The van der Waals surface area contributed by atoms with Crippen molar-refractivity contribution in [2.45, 2.75) is 37.6 Å². The summed E-state index contributed by atoms with van der Waals surface area (Å²) < 4.78 is 45.8. The molecule has 1 N–H and O–H groups in total. The lowest BCUT2D eigenvalue weighted by atomic mass is 9.91. The molecular weight excluding hydrogens is 574 g/mol. The summed E-state index contributed by atoms with van der Waals surface area (Å²) in [5, 5.41) is 1.37. The van der Waals surface area contributed by atoms with Crippen molar-refractivity contribution in [3.63, 3.8) is 0 Å². The highest BCUT2D eigenvalue weighted by Crippen LogP contribution is 2.45. The minimum absolute atomic E-state index is 0.0143. The molecule has 3 aromatic carbocycles. The highest BCUT2D eigenvalue weighted by molar-refractivity contribution is 7.89. The molecule has 1 saturated heterocycles. The number of rotatable bonds is 9. The fourth-order valence-electron chi connectivity index (χ4n) is 5.36. The van der Waals surface area contributed by atoms with Crippen molar-refractivity contribution in [2.24, 2.45) is 5.92 Å². The van der Waals surface area contributed by atoms with E-state index in [1.807, 2.05) is 41.1 Å². The standard InChI is InChI=1S/C30H31Cl2FN2O4S/c1-40(37,38)34-30(36)26-16-25(20-8-9-20)28(17-27(26)33)39-18-19-10-12-35(13-11-19)29(21-4-2-6-23(31)14-21)22-5-3-7-24(32)15-22/h2-7,14-17,19-20,29H,8-13,18H2,1H3,(H,34,36). The first-order valence-corrected chi connectivity index (χ1v) is 16.0. The topological polar surface area (TPSA) is 75.7 Å². The summed E-state index contributed by atoms with van der Waals surface area (Å²) in [6.45, 7) is 2.11. The van der Waals surface area contributed by atoms with Crippen molar-refractivity contribution < 1.29 is 22.3 Å². The van der Waals surface area contributed by atoms with Gasteiger partial charge in [0.05, 0.1) is 24.5 Å². The molecule has 0 radical (unpaired) electrons. The van der Waals surface area contributed by atoms with Gasteiger partial charge < -0.3 is 4.74 Å². The number of carbonyl (C=O) groups excluding carboxylic acids is 1. The minimum Gasteiger partial charge on any atom is -0.493 e. The third-order valence-electron chi connectivity index (χ3n) is 7.46. The molecule has 1 amide bonds. The third kappa shape index (κ3) is 7.16. The van der Waals surface area contributed by atoms with Crippen molar-refractivity contribution in [1.29, 1.82) is 0 Å². The quantitative estimate of drug-likeness (QED) is 0.298. The molecule has 0 atom stereocenters. The first kappa shape index (κ1) is 28.9. The van der Waals surface area contributed by atoms with Crippen LogP contribution in [0.25, 0.3) is 0 Å². The maximum Gasteiger partial charge on any atom is 0.267 e. The number of piperidine rings is 1. The molecule has 2 fully saturated rings. The molecule has 10 heteroatoms. The van der Waals surface area contributed by atoms with Crippen molar-refractivity contribution in [2.75, 3.05) is 26.0 Å². The van der Waals surface area contributed by atoms with Crippen molar-refractivity contribution in [1.82, 2.24) is 9.62 Å². The van der Waals surface area contributed by atoms with E-state index >= 15 is 0 Å². The average molecular weight is 606 g/mol. The second-order valence-corrected chi connectivity index (χ2v) is 13.3. The normalized spacial score (nSPS) is 16.7. The van der Waals surface area contributed by atoms with Gasteiger partial charge in [-0.05, 0) is 97.6 Å². The molecule has 0 bridgehead atoms. The molecule has 6 nitrogen and oxygen atoms in total. The largest absolute Gasteiger partial charge is 0.493 e. The number of nitrogens with zero attached hydrogens (tertiary/aromatic N) is 1. The number of carbonyl (C=O) groups is 1. The summed E-state index contributed by atoms with van der Waals surface area (Å²) in [6.07, 6.45) is 4.49. The van der Waals surface area contributed by atoms with Gasteiger partial charge >= 0.3 is 0 Å². The molecule has 2 aliphatic rings. The summed E-state index contributed by atoms with van der Waals surface area (Å²) in [6, 6.07) is 18.5. The summed E-state index contributed by atoms with van der Waals surface area (Å²) in [5.74, 6) is -0.901. The Balaban J connectivity index is 1.27. The number of amides is 1. The Kier molecular flexibility index (Phi) is 8.71. The predicted molar refractivity (Wildman–Crippen MR) is 155 cm³/mol. The summed E-state index contributed by atoms with van der Waals surface area (Å²) in [5.41, 5.74) is 2.67. The van der Waals surface area contributed by atoms with Crippen LogP contribution in [-0.4, -0.2) is 45.2 Å². The van der Waals surface area contributed by atoms with E-state index in [4.69, 9.17) is 27.9 Å². The van der Waals surface area contributed by atoms with Crippen LogP contribution in [0.2, 0.25) is 10.0 Å². The third-order valence-corrected chi connectivity index (χ3v) is 8.48. The molecule has 3 aromatic rings. The molecule has 40 heavy (non-hydrogen) atoms. The summed E-state index contributed by atoms with van der Waals surface area (Å²) >= 11 is 12.7. The Morgan fingerprint density at radius 3 is 2.12 bits per heavy atom. The predicted octanol–water partition coefficient (Wildman–Crippen LogP) is 6.58. The van der Waals surface area contributed by atoms with Gasteiger partial charge in [0, 0.05) is 16.1 Å². The smallest absolute Gasteiger partial charge is 0.267 e. The maximum atomic E-state index is 14.9. The van der Waals surface area contributed by atoms with Gasteiger partial charge in [-0.2, -0.15) is 0 Å². The van der Waals surface area contributed by atoms with E-state index in [0.29, 0.717) is 22.4 Å². The second kappa shape index (κ2) is 12.1. The second-order valence-electron chi connectivity index (χ2n) is 10.7. The molecule has 0 aromatic heterocycles. The van der Waals surface area contributed by atoms with Crippen molar-refractivity contribution >= 4 is 39.1 Å². The van der Waals surface area contributed by atoms with Crippen LogP contribution in [-0.2, 0) is 10.0 Å². The van der Waals surface area contributed by atoms with Crippen LogP contribution in [0.15, 0.2) is 60.7 Å². The molecule has 5 rings (SSSR count). The van der Waals surface area contributed by atoms with Crippen LogP contribution in [0.1, 0.15) is 64.7 Å². The van der Waals surface area contributed by atoms with Crippen molar-refractivity contribution in [3.8, 4) is 5.75 Å². The number of hydrogen-bond acceptors (Lipinski definition) is 5. The number of ether oxygens (including phenoxy) is 1. The minimum atomic E-state index is -3.81. The van der Waals surface area contributed by atoms with E-state index in [9.17, 15) is 17.6 Å². The van der Waals surface area contributed by atoms with Crippen LogP contribution in [0.4, 0.5) is 4.39 Å². The number of likely N-dealkylation sites (tertiary alicyclic amines) is 1. The average Bonchev–Trinajstić information content (AvgIpc) is 3.73. The van der Waals surface area contributed by atoms with Crippen LogP contribution in [0, 0.1) is 11.7 Å². The summed E-state index contributed by atoms with van der Waals surface area (Å²) in [4.78, 5) is 14.8. The Bertz CT molecular complexity index is 1460. The number of nitrogens with one attached hydrogen (secondary N) is 1. The van der Waals surface area contributed by atoms with Crippen LogP contribution in [0.3, 0.4) is 0 Å². The van der Waals surface area contributed by atoms with Gasteiger partial charge in [0.1, 0.15) is 11.6 Å². The fraction of sp³-hybridized carbons (Fsp3) is 0.367. The zero-order chi connectivity index (χ0) is 28.4.